The average Bonchev–Trinajstić information content (AvgIpc) is 3.13. The number of benzene rings is 6. The minimum absolute atomic E-state index is 0.665. The van der Waals surface area contributed by atoms with Crippen LogP contribution >= 0.6 is 14.3 Å². The van der Waals surface area contributed by atoms with E-state index in [0.29, 0.717) is 43.3 Å². The van der Waals surface area contributed by atoms with E-state index < -0.39 is 14.3 Å². The Morgan fingerprint density at radius 2 is 0.667 bits per heavy atom. The molecule has 0 saturated carbocycles. The summed E-state index contributed by atoms with van der Waals surface area (Å²) in [6.07, 6.45) is 0. The van der Waals surface area contributed by atoms with E-state index in [1.165, 1.54) is 0 Å². The first kappa shape index (κ1) is 33.3. The summed E-state index contributed by atoms with van der Waals surface area (Å²) in [6, 6.07) is 42.7. The molecule has 0 aliphatic heterocycles. The summed E-state index contributed by atoms with van der Waals surface area (Å²) in [5, 5.41) is 4.20. The van der Waals surface area contributed by atoms with E-state index in [-0.39, 0.29) is 0 Å². The van der Waals surface area contributed by atoms with Gasteiger partial charge in [0.1, 0.15) is 11.5 Å². The molecule has 0 radical (unpaired) electrons. The molecule has 0 saturated heterocycles. The lowest BCUT2D eigenvalue weighted by Gasteiger charge is -2.31. The largest absolute Gasteiger partial charge is 0.496 e. The molecule has 6 aromatic rings. The standard InChI is InChI=1S/C42H40O4P2/c1-29-27-37(47(43,33-19-11-7-12-20-33)34-21-13-8-14-22-34)39(31(3)41(29)45-5)40-32(4)42(46-6)30(2)28-38(40)48(44,35-23-15-9-16-24-35)36-25-17-10-18-26-36/h7-28H,1-6H3. The fourth-order valence-electron chi connectivity index (χ4n) is 7.05. The van der Waals surface area contributed by atoms with Crippen LogP contribution in [0.25, 0.3) is 11.1 Å². The van der Waals surface area contributed by atoms with Crippen LogP contribution < -0.4 is 41.3 Å². The maximum Gasteiger partial charge on any atom is 0.171 e. The number of hydrogen-bond acceptors (Lipinski definition) is 4. The van der Waals surface area contributed by atoms with Gasteiger partial charge in [-0.25, -0.2) is 0 Å². The Hall–Kier alpha value is -4.62. The quantitative estimate of drug-likeness (QED) is 0.147. The Morgan fingerprint density at radius 3 is 0.896 bits per heavy atom. The van der Waals surface area contributed by atoms with Crippen molar-refractivity contribution >= 4 is 46.1 Å². The predicted molar refractivity (Wildman–Crippen MR) is 203 cm³/mol. The van der Waals surface area contributed by atoms with E-state index in [1.807, 2.05) is 161 Å². The second kappa shape index (κ2) is 13.5. The molecule has 0 amide bonds. The fourth-order valence-corrected chi connectivity index (χ4v) is 13.1. The summed E-state index contributed by atoms with van der Waals surface area (Å²) < 4.78 is 44.5. The molecule has 0 N–H and O–H groups in total. The highest BCUT2D eigenvalue weighted by Crippen LogP contribution is 2.52. The molecule has 242 valence electrons. The molecule has 0 unspecified atom stereocenters. The maximum atomic E-state index is 16.2. The minimum Gasteiger partial charge on any atom is -0.496 e. The zero-order valence-electron chi connectivity index (χ0n) is 28.2. The van der Waals surface area contributed by atoms with Crippen molar-refractivity contribution in [1.82, 2.24) is 0 Å². The van der Waals surface area contributed by atoms with Gasteiger partial charge >= 0.3 is 0 Å². The first-order valence-corrected chi connectivity index (χ1v) is 19.4. The third kappa shape index (κ3) is 5.44. The van der Waals surface area contributed by atoms with Gasteiger partial charge in [-0.15, -0.1) is 0 Å². The monoisotopic (exact) mass is 670 g/mol. The van der Waals surface area contributed by atoms with E-state index in [2.05, 4.69) is 0 Å². The van der Waals surface area contributed by atoms with Gasteiger partial charge in [-0.05, 0) is 62.1 Å². The van der Waals surface area contributed by atoms with Crippen molar-refractivity contribution in [3.63, 3.8) is 0 Å². The Balaban J connectivity index is 1.86. The molecular formula is C42H40O4P2. The first-order valence-electron chi connectivity index (χ1n) is 16.0. The normalized spacial score (nSPS) is 11.7. The van der Waals surface area contributed by atoms with E-state index in [1.54, 1.807) is 14.2 Å². The van der Waals surface area contributed by atoms with Crippen molar-refractivity contribution in [3.8, 4) is 22.6 Å². The smallest absolute Gasteiger partial charge is 0.171 e. The first-order chi connectivity index (χ1) is 23.2. The minimum atomic E-state index is -3.52. The van der Waals surface area contributed by atoms with Gasteiger partial charge in [-0.3, -0.25) is 0 Å². The summed E-state index contributed by atoms with van der Waals surface area (Å²) >= 11 is 0. The number of rotatable bonds is 9. The number of methoxy groups -OCH3 is 2. The molecule has 0 heterocycles. The zero-order chi connectivity index (χ0) is 34.1. The lowest BCUT2D eigenvalue weighted by atomic mass is 9.92. The van der Waals surface area contributed by atoms with Gasteiger partial charge in [0.25, 0.3) is 0 Å². The molecule has 0 atom stereocenters. The third-order valence-electron chi connectivity index (χ3n) is 9.18. The molecule has 0 fully saturated rings. The SMILES string of the molecule is COc1c(C)cc(P(=O)(c2ccccc2)c2ccccc2)c(-c2c(P(=O)(c3ccccc3)c3ccccc3)cc(C)c(OC)c2C)c1C. The van der Waals surface area contributed by atoms with Crippen molar-refractivity contribution < 1.29 is 18.6 Å². The van der Waals surface area contributed by atoms with Crippen LogP contribution in [0.1, 0.15) is 22.3 Å². The number of hydrogen-bond donors (Lipinski definition) is 0. The number of aryl methyl sites for hydroxylation is 2. The fraction of sp³-hybridized carbons (Fsp3) is 0.143. The molecule has 0 spiro atoms. The second-order valence-corrected chi connectivity index (χ2v) is 17.5. The molecule has 0 aromatic heterocycles. The van der Waals surface area contributed by atoms with Crippen LogP contribution in [0.2, 0.25) is 0 Å². The topological polar surface area (TPSA) is 52.6 Å². The van der Waals surface area contributed by atoms with Crippen molar-refractivity contribution in [1.29, 1.82) is 0 Å². The molecule has 48 heavy (non-hydrogen) atoms. The van der Waals surface area contributed by atoms with Crippen LogP contribution in [0, 0.1) is 27.7 Å². The summed E-state index contributed by atoms with van der Waals surface area (Å²) in [4.78, 5) is 0. The van der Waals surface area contributed by atoms with Crippen LogP contribution in [-0.2, 0) is 9.13 Å². The highest BCUT2D eigenvalue weighted by molar-refractivity contribution is 7.86. The Morgan fingerprint density at radius 1 is 0.417 bits per heavy atom. The van der Waals surface area contributed by atoms with Crippen LogP contribution in [0.4, 0.5) is 0 Å². The average molecular weight is 671 g/mol. The van der Waals surface area contributed by atoms with Gasteiger partial charge in [-0.1, -0.05) is 121 Å². The molecule has 0 aliphatic rings. The molecular weight excluding hydrogens is 630 g/mol. The lowest BCUT2D eigenvalue weighted by Crippen LogP contribution is -2.31. The summed E-state index contributed by atoms with van der Waals surface area (Å²) in [5.41, 5.74) is 4.87. The molecule has 0 aliphatic carbocycles. The van der Waals surface area contributed by atoms with Gasteiger partial charge in [0.2, 0.25) is 0 Å². The highest BCUT2D eigenvalue weighted by Gasteiger charge is 2.39. The zero-order valence-corrected chi connectivity index (χ0v) is 30.0. The van der Waals surface area contributed by atoms with Crippen molar-refractivity contribution in [2.24, 2.45) is 0 Å². The van der Waals surface area contributed by atoms with Gasteiger partial charge in [0.15, 0.2) is 14.3 Å². The van der Waals surface area contributed by atoms with Gasteiger partial charge in [0, 0.05) is 43.0 Å². The van der Waals surface area contributed by atoms with Crippen LogP contribution in [0.15, 0.2) is 133 Å². The summed E-state index contributed by atoms with van der Waals surface area (Å²) in [6.45, 7) is 8.00. The molecule has 0 bridgehead atoms. The lowest BCUT2D eigenvalue weighted by molar-refractivity contribution is 0.408. The highest BCUT2D eigenvalue weighted by atomic mass is 31.2. The Labute approximate surface area is 284 Å². The number of ether oxygens (including phenoxy) is 2. The van der Waals surface area contributed by atoms with Crippen molar-refractivity contribution in [3.05, 3.63) is 156 Å². The predicted octanol–water partition coefficient (Wildman–Crippen LogP) is 7.88. The third-order valence-corrected chi connectivity index (χ3v) is 15.3. The van der Waals surface area contributed by atoms with E-state index in [0.717, 1.165) is 33.4 Å². The summed E-state index contributed by atoms with van der Waals surface area (Å²) in [5.74, 6) is 1.39. The van der Waals surface area contributed by atoms with Crippen molar-refractivity contribution in [2.75, 3.05) is 14.2 Å². The molecule has 6 heteroatoms. The van der Waals surface area contributed by atoms with E-state index >= 15 is 9.13 Å². The summed E-state index contributed by atoms with van der Waals surface area (Å²) in [7, 11) is -3.72. The second-order valence-electron chi connectivity index (χ2n) is 12.1. The Bertz CT molecular complexity index is 1930. The van der Waals surface area contributed by atoms with Gasteiger partial charge in [0.05, 0.1) is 14.2 Å². The van der Waals surface area contributed by atoms with Crippen LogP contribution in [0.5, 0.6) is 11.5 Å². The maximum absolute atomic E-state index is 16.2. The molecule has 6 aromatic carbocycles. The molecule has 6 rings (SSSR count). The van der Waals surface area contributed by atoms with Crippen LogP contribution in [-0.4, -0.2) is 14.2 Å². The Kier molecular flexibility index (Phi) is 9.35. The molecule has 4 nitrogen and oxygen atoms in total. The van der Waals surface area contributed by atoms with Crippen molar-refractivity contribution in [2.45, 2.75) is 27.7 Å². The van der Waals surface area contributed by atoms with E-state index in [4.69, 9.17) is 9.47 Å². The van der Waals surface area contributed by atoms with Crippen LogP contribution in [0.3, 0.4) is 0 Å². The van der Waals surface area contributed by atoms with Gasteiger partial charge in [-0.2, -0.15) is 0 Å². The van der Waals surface area contributed by atoms with Gasteiger partial charge < -0.3 is 18.6 Å². The van der Waals surface area contributed by atoms with E-state index in [9.17, 15) is 0 Å².